The third-order valence-corrected chi connectivity index (χ3v) is 4.24. The molecule has 0 bridgehead atoms. The van der Waals surface area contributed by atoms with Crippen LogP contribution < -0.4 is 0 Å². The maximum atomic E-state index is 3.54. The zero-order chi connectivity index (χ0) is 11.7. The van der Waals surface area contributed by atoms with Gasteiger partial charge in [-0.3, -0.25) is 0 Å². The first-order valence-corrected chi connectivity index (χ1v) is 7.74. The minimum Gasteiger partial charge on any atom is -1.00 e. The van der Waals surface area contributed by atoms with Gasteiger partial charge >= 0.3 is 23.1 Å². The van der Waals surface area contributed by atoms with E-state index in [1.165, 1.54) is 38.5 Å². The molecule has 0 nitrogen and oxygen atoms in total. The van der Waals surface area contributed by atoms with Crippen LogP contribution in [0.4, 0.5) is 0 Å². The quantitative estimate of drug-likeness (QED) is 0.390. The van der Waals surface area contributed by atoms with Gasteiger partial charge in [0.2, 0.25) is 0 Å². The van der Waals surface area contributed by atoms with Gasteiger partial charge < -0.3 is 2.85 Å². The summed E-state index contributed by atoms with van der Waals surface area (Å²) in [5, 5.41) is 1.16. The maximum Gasteiger partial charge on any atom is 2.00 e. The van der Waals surface area contributed by atoms with E-state index in [9.17, 15) is 0 Å². The first kappa shape index (κ1) is 19.6. The topological polar surface area (TPSA) is 0 Å². The number of rotatable bonds is 9. The second-order valence-corrected chi connectivity index (χ2v) is 6.27. The molecule has 0 spiro atoms. The summed E-state index contributed by atoms with van der Waals surface area (Å²) in [6, 6.07) is 0. The average molecular weight is 304 g/mol. The van der Waals surface area contributed by atoms with E-state index < -0.39 is 0 Å². The van der Waals surface area contributed by atoms with Gasteiger partial charge in [-0.1, -0.05) is 75.7 Å². The molecule has 0 aromatic carbocycles. The van der Waals surface area contributed by atoms with Crippen molar-refractivity contribution in [2.45, 2.75) is 66.2 Å². The Morgan fingerprint density at radius 1 is 0.812 bits per heavy atom. The predicted molar refractivity (Wildman–Crippen MR) is 82.6 cm³/mol. The van der Waals surface area contributed by atoms with Crippen molar-refractivity contribution >= 4 is 39.0 Å². The molecule has 0 fully saturated rings. The summed E-state index contributed by atoms with van der Waals surface area (Å²) in [6.45, 7) is 9.39. The first-order valence-electron chi connectivity index (χ1n) is 6.62. The molecular weight excluding hydrogens is 272 g/mol. The Balaban J connectivity index is -0.000000327. The molecule has 0 aromatic rings. The van der Waals surface area contributed by atoms with Crippen LogP contribution in [0.1, 0.15) is 69.1 Å². The third kappa shape index (κ3) is 13.3. The van der Waals surface area contributed by atoms with Gasteiger partial charge in [-0.2, -0.15) is 0 Å². The van der Waals surface area contributed by atoms with Gasteiger partial charge in [0.25, 0.3) is 0 Å². The Hall–Kier alpha value is 1.25. The summed E-state index contributed by atoms with van der Waals surface area (Å²) < 4.78 is 0. The molecular formula is C14H31BrMg. The summed E-state index contributed by atoms with van der Waals surface area (Å²) >= 11 is 3.54. The van der Waals surface area contributed by atoms with Crippen LogP contribution in [0.15, 0.2) is 0 Å². The Morgan fingerprint density at radius 2 is 1.25 bits per heavy atom. The van der Waals surface area contributed by atoms with Crippen molar-refractivity contribution in [3.8, 4) is 0 Å². The van der Waals surface area contributed by atoms with Crippen LogP contribution in [-0.4, -0.2) is 28.4 Å². The Morgan fingerprint density at radius 3 is 1.69 bits per heavy atom. The molecule has 0 saturated carbocycles. The van der Waals surface area contributed by atoms with Crippen molar-refractivity contribution in [3.05, 3.63) is 0 Å². The molecule has 0 aliphatic heterocycles. The fraction of sp³-hybridized carbons (Fsp3) is 1.00. The molecule has 0 aliphatic rings. The minimum atomic E-state index is 0. The van der Waals surface area contributed by atoms with Crippen molar-refractivity contribution in [3.63, 3.8) is 0 Å². The Labute approximate surface area is 131 Å². The molecule has 16 heavy (non-hydrogen) atoms. The largest absolute Gasteiger partial charge is 2.00 e. The molecule has 0 N–H and O–H groups in total. The number of hydrogen-bond acceptors (Lipinski definition) is 0. The average Bonchev–Trinajstić information content (AvgIpc) is 2.17. The Kier molecular flexibility index (Phi) is 15.5. The third-order valence-electron chi connectivity index (χ3n) is 3.14. The van der Waals surface area contributed by atoms with Crippen molar-refractivity contribution in [1.29, 1.82) is 0 Å². The van der Waals surface area contributed by atoms with E-state index in [0.717, 1.165) is 23.1 Å². The van der Waals surface area contributed by atoms with Crippen LogP contribution in [0, 0.1) is 17.8 Å². The molecule has 0 rings (SSSR count). The summed E-state index contributed by atoms with van der Waals surface area (Å²) in [5.41, 5.74) is 0. The van der Waals surface area contributed by atoms with Gasteiger partial charge in [0.1, 0.15) is 0 Å². The van der Waals surface area contributed by atoms with Gasteiger partial charge in [0, 0.05) is 5.33 Å². The molecule has 0 amide bonds. The van der Waals surface area contributed by atoms with Gasteiger partial charge in [-0.05, 0) is 24.2 Å². The molecule has 0 aliphatic carbocycles. The van der Waals surface area contributed by atoms with Crippen LogP contribution in [-0.2, 0) is 0 Å². The van der Waals surface area contributed by atoms with Crippen molar-refractivity contribution < 1.29 is 2.85 Å². The fourth-order valence-electron chi connectivity index (χ4n) is 1.91. The zero-order valence-electron chi connectivity index (χ0n) is 13.8. The normalized spacial score (nSPS) is 14.6. The van der Waals surface area contributed by atoms with Crippen molar-refractivity contribution in [2.75, 3.05) is 5.33 Å². The van der Waals surface area contributed by atoms with Gasteiger partial charge in [-0.25, -0.2) is 0 Å². The smallest absolute Gasteiger partial charge is 1.00 e. The van der Waals surface area contributed by atoms with Crippen LogP contribution >= 0.6 is 15.9 Å². The van der Waals surface area contributed by atoms with Crippen LogP contribution in [0.2, 0.25) is 0 Å². The van der Waals surface area contributed by atoms with Crippen LogP contribution in [0.25, 0.3) is 0 Å². The molecule has 0 radical (unpaired) electrons. The van der Waals surface area contributed by atoms with E-state index in [2.05, 4.69) is 43.6 Å². The van der Waals surface area contributed by atoms with E-state index in [-0.39, 0.29) is 25.9 Å². The first-order chi connectivity index (χ1) is 7.06. The zero-order valence-corrected chi connectivity index (χ0v) is 14.8. The van der Waals surface area contributed by atoms with Gasteiger partial charge in [0.15, 0.2) is 0 Å². The minimum absolute atomic E-state index is 0. The molecule has 0 heterocycles. The van der Waals surface area contributed by atoms with E-state index in [1.54, 1.807) is 0 Å². The molecule has 2 atom stereocenters. The number of alkyl halides is 1. The summed E-state index contributed by atoms with van der Waals surface area (Å²) in [4.78, 5) is 0. The van der Waals surface area contributed by atoms with Gasteiger partial charge in [-0.15, -0.1) is 0 Å². The van der Waals surface area contributed by atoms with Gasteiger partial charge in [0.05, 0.1) is 0 Å². The van der Waals surface area contributed by atoms with Crippen LogP contribution in [0.5, 0.6) is 0 Å². The number of halogens is 1. The second kappa shape index (κ2) is 12.7. The molecule has 0 saturated heterocycles. The Bertz CT molecular complexity index is 146. The molecule has 2 heteroatoms. The summed E-state index contributed by atoms with van der Waals surface area (Å²) in [7, 11) is 0. The molecule has 0 aromatic heterocycles. The number of hydrogen-bond donors (Lipinski definition) is 0. The monoisotopic (exact) mass is 302 g/mol. The summed E-state index contributed by atoms with van der Waals surface area (Å²) in [6.07, 6.45) is 8.49. The van der Waals surface area contributed by atoms with Crippen molar-refractivity contribution in [1.82, 2.24) is 0 Å². The van der Waals surface area contributed by atoms with E-state index in [0.29, 0.717) is 0 Å². The SMILES string of the molecule is CC(C)CCC[C@@H](C)CCC[C@@H](C)CBr.[H-].[H-].[Mg+2]. The van der Waals surface area contributed by atoms with Crippen LogP contribution in [0.3, 0.4) is 0 Å². The predicted octanol–water partition coefficient (Wildman–Crippen LogP) is 5.49. The molecule has 0 unspecified atom stereocenters. The summed E-state index contributed by atoms with van der Waals surface area (Å²) in [5.74, 6) is 2.67. The standard InChI is InChI=1S/C14H29Br.Mg.2H/c1-12(2)7-5-8-13(3)9-6-10-14(4)11-15;;;/h12-14H,5-11H2,1-4H3;;;/q;+2;2*-1/t13-,14-;;;/m1.../s1. The van der Waals surface area contributed by atoms with E-state index >= 15 is 0 Å². The second-order valence-electron chi connectivity index (χ2n) is 5.62. The van der Waals surface area contributed by atoms with Crippen molar-refractivity contribution in [2.24, 2.45) is 17.8 Å². The molecule has 96 valence electrons. The fourth-order valence-corrected chi connectivity index (χ4v) is 2.23. The van der Waals surface area contributed by atoms with E-state index in [4.69, 9.17) is 0 Å². The maximum absolute atomic E-state index is 3.54. The van der Waals surface area contributed by atoms with E-state index in [1.807, 2.05) is 0 Å².